The first-order valence-corrected chi connectivity index (χ1v) is 11.4. The lowest BCUT2D eigenvalue weighted by Gasteiger charge is -2.12. The number of nitrogens with zero attached hydrogens (tertiary/aromatic N) is 2. The van der Waals surface area contributed by atoms with Crippen molar-refractivity contribution in [1.82, 2.24) is 9.38 Å². The van der Waals surface area contributed by atoms with Crippen LogP contribution in [0.4, 0.5) is 16.2 Å². The van der Waals surface area contributed by atoms with Gasteiger partial charge in [0.25, 0.3) is 5.56 Å². The van der Waals surface area contributed by atoms with Crippen molar-refractivity contribution < 1.29 is 4.79 Å². The molecule has 0 aliphatic heterocycles. The van der Waals surface area contributed by atoms with E-state index < -0.39 is 0 Å². The van der Waals surface area contributed by atoms with Crippen LogP contribution >= 0.6 is 23.4 Å². The number of urea groups is 1. The standard InChI is InChI=1S/C24H21ClN4O2S/c1-2-16-7-10-18(11-8-16)27-24(31)28-20-5-3-4-6-21(20)32-15-19-13-23(30)29-14-17(25)9-12-22(29)26-19/h3-14H,2,15H2,1H3,(H2,27,28,31). The predicted octanol–water partition coefficient (Wildman–Crippen LogP) is 5.85. The molecule has 32 heavy (non-hydrogen) atoms. The minimum absolute atomic E-state index is 0.187. The van der Waals surface area contributed by atoms with Gasteiger partial charge in [0.15, 0.2) is 0 Å². The highest BCUT2D eigenvalue weighted by molar-refractivity contribution is 7.98. The first-order chi connectivity index (χ1) is 15.5. The van der Waals surface area contributed by atoms with E-state index in [4.69, 9.17) is 11.6 Å². The second kappa shape index (κ2) is 9.89. The molecule has 162 valence electrons. The normalized spacial score (nSPS) is 10.8. The molecule has 0 saturated heterocycles. The predicted molar refractivity (Wildman–Crippen MR) is 131 cm³/mol. The summed E-state index contributed by atoms with van der Waals surface area (Å²) in [5.74, 6) is 0.479. The first-order valence-electron chi connectivity index (χ1n) is 10.1. The van der Waals surface area contributed by atoms with Crippen molar-refractivity contribution in [1.29, 1.82) is 0 Å². The van der Waals surface area contributed by atoms with Crippen LogP contribution in [0.2, 0.25) is 5.02 Å². The molecular formula is C24H21ClN4O2S. The third kappa shape index (κ3) is 5.30. The van der Waals surface area contributed by atoms with Gasteiger partial charge in [0.1, 0.15) is 5.65 Å². The summed E-state index contributed by atoms with van der Waals surface area (Å²) in [6, 6.07) is 19.9. The number of hydrogen-bond acceptors (Lipinski definition) is 4. The number of rotatable bonds is 6. The van der Waals surface area contributed by atoms with E-state index in [1.54, 1.807) is 18.3 Å². The monoisotopic (exact) mass is 464 g/mol. The molecule has 0 saturated carbocycles. The van der Waals surface area contributed by atoms with E-state index in [0.29, 0.717) is 27.8 Å². The molecule has 2 N–H and O–H groups in total. The molecule has 0 aliphatic carbocycles. The maximum Gasteiger partial charge on any atom is 0.323 e. The highest BCUT2D eigenvalue weighted by Crippen LogP contribution is 2.29. The van der Waals surface area contributed by atoms with Gasteiger partial charge in [-0.25, -0.2) is 9.78 Å². The Morgan fingerprint density at radius 1 is 1.06 bits per heavy atom. The molecule has 4 rings (SSSR count). The molecule has 6 nitrogen and oxygen atoms in total. The van der Waals surface area contributed by atoms with Crippen LogP contribution in [0.3, 0.4) is 0 Å². The van der Waals surface area contributed by atoms with Crippen molar-refractivity contribution >= 4 is 46.4 Å². The number of nitrogens with one attached hydrogen (secondary N) is 2. The van der Waals surface area contributed by atoms with Crippen molar-refractivity contribution in [3.63, 3.8) is 0 Å². The number of anilines is 2. The van der Waals surface area contributed by atoms with Crippen LogP contribution in [-0.2, 0) is 12.2 Å². The molecule has 0 spiro atoms. The molecule has 2 aromatic carbocycles. The van der Waals surface area contributed by atoms with E-state index >= 15 is 0 Å². The maximum atomic E-state index is 12.5. The fourth-order valence-corrected chi connectivity index (χ4v) is 4.22. The van der Waals surface area contributed by atoms with Gasteiger partial charge in [0.05, 0.1) is 16.4 Å². The molecule has 2 aromatic heterocycles. The summed E-state index contributed by atoms with van der Waals surface area (Å²) >= 11 is 7.46. The summed E-state index contributed by atoms with van der Waals surface area (Å²) in [5.41, 5.74) is 3.63. The minimum atomic E-state index is -0.318. The van der Waals surface area contributed by atoms with Crippen molar-refractivity contribution in [2.75, 3.05) is 10.6 Å². The van der Waals surface area contributed by atoms with Crippen LogP contribution in [0.15, 0.2) is 82.6 Å². The molecule has 0 fully saturated rings. The third-order valence-corrected chi connectivity index (χ3v) is 6.14. The lowest BCUT2D eigenvalue weighted by Crippen LogP contribution is -2.19. The lowest BCUT2D eigenvalue weighted by molar-refractivity contribution is 0.262. The average molecular weight is 465 g/mol. The second-order valence-electron chi connectivity index (χ2n) is 7.08. The maximum absolute atomic E-state index is 12.5. The summed E-state index contributed by atoms with van der Waals surface area (Å²) in [4.78, 5) is 30.3. The van der Waals surface area contributed by atoms with E-state index in [0.717, 1.165) is 17.0 Å². The second-order valence-corrected chi connectivity index (χ2v) is 8.53. The van der Waals surface area contributed by atoms with Crippen LogP contribution in [-0.4, -0.2) is 15.4 Å². The van der Waals surface area contributed by atoms with Crippen LogP contribution in [0.25, 0.3) is 5.65 Å². The average Bonchev–Trinajstić information content (AvgIpc) is 2.79. The Bertz CT molecular complexity index is 1320. The fourth-order valence-electron chi connectivity index (χ4n) is 3.16. The number of aryl methyl sites for hydroxylation is 1. The van der Waals surface area contributed by atoms with Gasteiger partial charge in [-0.15, -0.1) is 11.8 Å². The molecule has 0 atom stereocenters. The van der Waals surface area contributed by atoms with Gasteiger partial charge in [-0.05, 0) is 48.4 Å². The molecule has 0 aliphatic rings. The Morgan fingerprint density at radius 2 is 1.84 bits per heavy atom. The number of aromatic nitrogens is 2. The number of carbonyl (C=O) groups is 1. The highest BCUT2D eigenvalue weighted by atomic mass is 35.5. The summed E-state index contributed by atoms with van der Waals surface area (Å²) in [6.45, 7) is 2.09. The molecule has 0 bridgehead atoms. The quantitative estimate of drug-likeness (QED) is 0.351. The number of benzene rings is 2. The zero-order chi connectivity index (χ0) is 22.5. The van der Waals surface area contributed by atoms with Crippen LogP contribution in [0, 0.1) is 0 Å². The fraction of sp³-hybridized carbons (Fsp3) is 0.125. The van der Waals surface area contributed by atoms with Crippen LogP contribution < -0.4 is 16.2 Å². The van der Waals surface area contributed by atoms with Gasteiger partial charge in [-0.1, -0.05) is 42.8 Å². The largest absolute Gasteiger partial charge is 0.323 e. The number of para-hydroxylation sites is 1. The molecular weight excluding hydrogens is 444 g/mol. The van der Waals surface area contributed by atoms with E-state index in [1.165, 1.54) is 27.8 Å². The number of pyridine rings is 1. The van der Waals surface area contributed by atoms with E-state index in [9.17, 15) is 9.59 Å². The summed E-state index contributed by atoms with van der Waals surface area (Å²) < 4.78 is 1.42. The van der Waals surface area contributed by atoms with E-state index in [2.05, 4.69) is 22.5 Å². The Balaban J connectivity index is 1.45. The first kappa shape index (κ1) is 21.9. The molecule has 8 heteroatoms. The zero-order valence-corrected chi connectivity index (χ0v) is 18.9. The lowest BCUT2D eigenvalue weighted by atomic mass is 10.1. The van der Waals surface area contributed by atoms with Gasteiger partial charge in [0, 0.05) is 28.6 Å². The summed E-state index contributed by atoms with van der Waals surface area (Å²) in [6.07, 6.45) is 2.50. The van der Waals surface area contributed by atoms with Crippen LogP contribution in [0.5, 0.6) is 0 Å². The topological polar surface area (TPSA) is 75.5 Å². The van der Waals surface area contributed by atoms with Gasteiger partial charge in [-0.2, -0.15) is 0 Å². The molecule has 0 unspecified atom stereocenters. The van der Waals surface area contributed by atoms with E-state index in [-0.39, 0.29) is 11.6 Å². The molecule has 2 heterocycles. The SMILES string of the molecule is CCc1ccc(NC(=O)Nc2ccccc2SCc2cc(=O)n3cc(Cl)ccc3n2)cc1. The molecule has 0 radical (unpaired) electrons. The number of amides is 2. The number of carbonyl (C=O) groups excluding carboxylic acids is 1. The Labute approximate surface area is 194 Å². The van der Waals surface area contributed by atoms with Gasteiger partial charge >= 0.3 is 6.03 Å². The highest BCUT2D eigenvalue weighted by Gasteiger charge is 2.09. The number of fused-ring (bicyclic) bond motifs is 1. The van der Waals surface area contributed by atoms with Crippen molar-refractivity contribution in [2.45, 2.75) is 24.0 Å². The van der Waals surface area contributed by atoms with Crippen molar-refractivity contribution in [3.05, 3.63) is 99.6 Å². The molecule has 4 aromatic rings. The number of hydrogen-bond donors (Lipinski definition) is 2. The van der Waals surface area contributed by atoms with Crippen LogP contribution in [0.1, 0.15) is 18.2 Å². The van der Waals surface area contributed by atoms with E-state index in [1.807, 2.05) is 48.5 Å². The number of halogens is 1. The van der Waals surface area contributed by atoms with Gasteiger partial charge < -0.3 is 10.6 Å². The smallest absolute Gasteiger partial charge is 0.308 e. The van der Waals surface area contributed by atoms with Crippen molar-refractivity contribution in [2.24, 2.45) is 0 Å². The summed E-state index contributed by atoms with van der Waals surface area (Å²) in [7, 11) is 0. The third-order valence-electron chi connectivity index (χ3n) is 4.81. The number of thioether (sulfide) groups is 1. The Hall–Kier alpha value is -3.29. The van der Waals surface area contributed by atoms with Gasteiger partial charge in [0.2, 0.25) is 0 Å². The Kier molecular flexibility index (Phi) is 6.78. The van der Waals surface area contributed by atoms with Crippen molar-refractivity contribution in [3.8, 4) is 0 Å². The zero-order valence-electron chi connectivity index (χ0n) is 17.3. The minimum Gasteiger partial charge on any atom is -0.308 e. The summed E-state index contributed by atoms with van der Waals surface area (Å²) in [5, 5.41) is 6.22. The Morgan fingerprint density at radius 3 is 2.62 bits per heavy atom. The van der Waals surface area contributed by atoms with Gasteiger partial charge in [-0.3, -0.25) is 9.20 Å². The molecule has 2 amide bonds.